The van der Waals surface area contributed by atoms with Crippen molar-refractivity contribution in [2.75, 3.05) is 47.5 Å². The van der Waals surface area contributed by atoms with Gasteiger partial charge in [0.05, 0.1) is 21.3 Å². The molecular weight excluding hydrogens is 392 g/mol. The molecule has 2 aliphatic rings. The van der Waals surface area contributed by atoms with Crippen molar-refractivity contribution in [1.29, 1.82) is 0 Å². The maximum Gasteiger partial charge on any atom is 0.414 e. The van der Waals surface area contributed by atoms with Crippen LogP contribution in [0.25, 0.3) is 0 Å². The fraction of sp³-hybridized carbons (Fsp3) is 0.619. The minimum absolute atomic E-state index is 0.662. The second-order valence-electron chi connectivity index (χ2n) is 7.39. The quantitative estimate of drug-likeness (QED) is 0.662. The standard InChI is InChI=1S/C19H30N2O3.C2H2O4/c1-22-17-12-15(13-18(23-2)19(17)24-3)14-20-8-10-21(11-9-20)16-6-4-5-7-16;3-1(4)2(5)6/h12-13,16H,4-11,14H2,1-3H3;(H,3,4)(H,5,6). The van der Waals surface area contributed by atoms with Crippen LogP contribution in [0.5, 0.6) is 17.2 Å². The van der Waals surface area contributed by atoms with E-state index in [4.69, 9.17) is 34.0 Å². The number of methoxy groups -OCH3 is 3. The van der Waals surface area contributed by atoms with E-state index < -0.39 is 11.9 Å². The lowest BCUT2D eigenvalue weighted by Gasteiger charge is -2.38. The summed E-state index contributed by atoms with van der Waals surface area (Å²) in [7, 11) is 4.98. The van der Waals surface area contributed by atoms with Crippen LogP contribution in [0.15, 0.2) is 12.1 Å². The number of hydrogen-bond acceptors (Lipinski definition) is 7. The smallest absolute Gasteiger partial charge is 0.414 e. The van der Waals surface area contributed by atoms with Crippen molar-refractivity contribution >= 4 is 11.9 Å². The van der Waals surface area contributed by atoms with Crippen LogP contribution in [0.2, 0.25) is 0 Å². The number of piperazine rings is 1. The van der Waals surface area contributed by atoms with Crippen molar-refractivity contribution in [3.05, 3.63) is 17.7 Å². The Bertz CT molecular complexity index is 674. The molecule has 0 unspecified atom stereocenters. The summed E-state index contributed by atoms with van der Waals surface area (Å²) in [6.45, 7) is 5.57. The van der Waals surface area contributed by atoms with E-state index in [1.54, 1.807) is 21.3 Å². The normalized spacial score (nSPS) is 17.7. The van der Waals surface area contributed by atoms with Gasteiger partial charge in [0.2, 0.25) is 5.75 Å². The van der Waals surface area contributed by atoms with Crippen molar-refractivity contribution in [1.82, 2.24) is 9.80 Å². The number of rotatable bonds is 6. The van der Waals surface area contributed by atoms with Gasteiger partial charge in [0, 0.05) is 38.8 Å². The molecule has 1 heterocycles. The van der Waals surface area contributed by atoms with Gasteiger partial charge in [0.15, 0.2) is 11.5 Å². The molecule has 0 spiro atoms. The molecule has 0 atom stereocenters. The molecule has 9 nitrogen and oxygen atoms in total. The summed E-state index contributed by atoms with van der Waals surface area (Å²) in [6, 6.07) is 4.96. The first kappa shape index (κ1) is 23.8. The third kappa shape index (κ3) is 6.50. The van der Waals surface area contributed by atoms with Gasteiger partial charge in [-0.2, -0.15) is 0 Å². The third-order valence-corrected chi connectivity index (χ3v) is 5.56. The van der Waals surface area contributed by atoms with E-state index in [0.717, 1.165) is 37.2 Å². The zero-order chi connectivity index (χ0) is 22.1. The van der Waals surface area contributed by atoms with E-state index in [9.17, 15) is 0 Å². The molecule has 1 saturated carbocycles. The lowest BCUT2D eigenvalue weighted by Crippen LogP contribution is -2.49. The lowest BCUT2D eigenvalue weighted by molar-refractivity contribution is -0.159. The van der Waals surface area contributed by atoms with E-state index in [0.29, 0.717) is 5.75 Å². The van der Waals surface area contributed by atoms with E-state index >= 15 is 0 Å². The first-order valence-electron chi connectivity index (χ1n) is 10.1. The number of hydrogen-bond donors (Lipinski definition) is 2. The molecule has 0 amide bonds. The summed E-state index contributed by atoms with van der Waals surface area (Å²) in [5.41, 5.74) is 1.21. The largest absolute Gasteiger partial charge is 0.493 e. The van der Waals surface area contributed by atoms with Crippen LogP contribution < -0.4 is 14.2 Å². The average molecular weight is 424 g/mol. The lowest BCUT2D eigenvalue weighted by atomic mass is 10.1. The van der Waals surface area contributed by atoms with Crippen LogP contribution in [0.1, 0.15) is 31.2 Å². The van der Waals surface area contributed by atoms with Gasteiger partial charge in [0.1, 0.15) is 0 Å². The summed E-state index contributed by atoms with van der Waals surface area (Å²) in [6.07, 6.45) is 5.62. The Morgan fingerprint density at radius 1 is 0.900 bits per heavy atom. The van der Waals surface area contributed by atoms with Crippen LogP contribution >= 0.6 is 0 Å². The SMILES string of the molecule is COc1cc(CN2CCN(C3CCCC3)CC2)cc(OC)c1OC.O=C(O)C(=O)O. The van der Waals surface area contributed by atoms with Crippen LogP contribution in [0.4, 0.5) is 0 Å². The summed E-state index contributed by atoms with van der Waals surface area (Å²) >= 11 is 0. The predicted octanol–water partition coefficient (Wildman–Crippen LogP) is 1.93. The fourth-order valence-corrected chi connectivity index (χ4v) is 4.04. The number of benzene rings is 1. The van der Waals surface area contributed by atoms with Gasteiger partial charge < -0.3 is 24.4 Å². The van der Waals surface area contributed by atoms with Crippen LogP contribution in [0, 0.1) is 0 Å². The van der Waals surface area contributed by atoms with E-state index in [-0.39, 0.29) is 0 Å². The highest BCUT2D eigenvalue weighted by Crippen LogP contribution is 2.38. The van der Waals surface area contributed by atoms with Gasteiger partial charge in [-0.1, -0.05) is 12.8 Å². The zero-order valence-corrected chi connectivity index (χ0v) is 17.9. The van der Waals surface area contributed by atoms with Gasteiger partial charge in [-0.15, -0.1) is 0 Å². The van der Waals surface area contributed by atoms with Crippen molar-refractivity contribution < 1.29 is 34.0 Å². The Kier molecular flexibility index (Phi) is 9.19. The molecule has 1 aromatic carbocycles. The van der Waals surface area contributed by atoms with E-state index in [2.05, 4.69) is 21.9 Å². The third-order valence-electron chi connectivity index (χ3n) is 5.56. The highest BCUT2D eigenvalue weighted by Gasteiger charge is 2.26. The first-order valence-corrected chi connectivity index (χ1v) is 10.1. The number of carboxylic acids is 2. The Hall–Kier alpha value is -2.52. The highest BCUT2D eigenvalue weighted by molar-refractivity contribution is 6.27. The van der Waals surface area contributed by atoms with Crippen LogP contribution in [0.3, 0.4) is 0 Å². The molecule has 1 aliphatic carbocycles. The number of carbonyl (C=O) groups is 2. The average Bonchev–Trinajstić information content (AvgIpc) is 3.28. The molecule has 30 heavy (non-hydrogen) atoms. The summed E-state index contributed by atoms with van der Waals surface area (Å²) in [4.78, 5) is 23.4. The summed E-state index contributed by atoms with van der Waals surface area (Å²) in [5, 5.41) is 14.8. The molecule has 0 aromatic heterocycles. The van der Waals surface area contributed by atoms with Gasteiger partial charge in [-0.25, -0.2) is 9.59 Å². The number of aliphatic carboxylic acids is 2. The second kappa shape index (κ2) is 11.6. The summed E-state index contributed by atoms with van der Waals surface area (Å²) in [5.74, 6) is -1.52. The maximum absolute atomic E-state index is 9.10. The zero-order valence-electron chi connectivity index (χ0n) is 17.9. The number of carboxylic acid groups (broad SMARTS) is 2. The topological polar surface area (TPSA) is 109 Å². The molecule has 1 saturated heterocycles. The van der Waals surface area contributed by atoms with Gasteiger partial charge in [0.25, 0.3) is 0 Å². The molecule has 0 bridgehead atoms. The van der Waals surface area contributed by atoms with Gasteiger partial charge >= 0.3 is 11.9 Å². The maximum atomic E-state index is 9.10. The van der Waals surface area contributed by atoms with Crippen molar-refractivity contribution in [2.45, 2.75) is 38.3 Å². The van der Waals surface area contributed by atoms with Crippen molar-refractivity contribution in [2.24, 2.45) is 0 Å². The Labute approximate surface area is 177 Å². The van der Waals surface area contributed by atoms with E-state index in [1.165, 1.54) is 44.3 Å². The van der Waals surface area contributed by atoms with Crippen LogP contribution in [-0.2, 0) is 16.1 Å². The Morgan fingerprint density at radius 3 is 1.80 bits per heavy atom. The molecule has 1 aliphatic heterocycles. The Balaban J connectivity index is 0.000000469. The first-order chi connectivity index (χ1) is 14.4. The number of ether oxygens (including phenoxy) is 3. The molecule has 3 rings (SSSR count). The fourth-order valence-electron chi connectivity index (χ4n) is 4.04. The van der Waals surface area contributed by atoms with E-state index in [1.807, 2.05) is 0 Å². The molecule has 2 fully saturated rings. The van der Waals surface area contributed by atoms with Crippen molar-refractivity contribution in [3.8, 4) is 17.2 Å². The van der Waals surface area contributed by atoms with Crippen LogP contribution in [-0.4, -0.2) is 85.5 Å². The molecule has 1 aromatic rings. The van der Waals surface area contributed by atoms with Crippen molar-refractivity contribution in [3.63, 3.8) is 0 Å². The number of nitrogens with zero attached hydrogens (tertiary/aromatic N) is 2. The molecule has 9 heteroatoms. The molecular formula is C21H32N2O7. The minimum Gasteiger partial charge on any atom is -0.493 e. The molecule has 168 valence electrons. The van der Waals surface area contributed by atoms with Gasteiger partial charge in [-0.3, -0.25) is 9.80 Å². The van der Waals surface area contributed by atoms with Gasteiger partial charge in [-0.05, 0) is 30.5 Å². The monoisotopic (exact) mass is 424 g/mol. The Morgan fingerprint density at radius 2 is 1.40 bits per heavy atom. The second-order valence-corrected chi connectivity index (χ2v) is 7.39. The predicted molar refractivity (Wildman–Crippen MR) is 110 cm³/mol. The molecule has 2 N–H and O–H groups in total. The molecule has 0 radical (unpaired) electrons. The summed E-state index contributed by atoms with van der Waals surface area (Å²) < 4.78 is 16.3. The highest BCUT2D eigenvalue weighted by atomic mass is 16.5. The minimum atomic E-state index is -1.82.